The molecule has 1 aliphatic rings. The molecule has 5 nitrogen and oxygen atoms in total. The topological polar surface area (TPSA) is 81.1 Å². The minimum Gasteiger partial charge on any atom is -0.481 e. The van der Waals surface area contributed by atoms with Crippen molar-refractivity contribution in [3.63, 3.8) is 0 Å². The molecule has 1 aromatic rings. The van der Waals surface area contributed by atoms with Gasteiger partial charge in [-0.05, 0) is 12.8 Å². The predicted octanol–water partition coefficient (Wildman–Crippen LogP) is 0.304. The maximum absolute atomic E-state index is 10.9. The van der Waals surface area contributed by atoms with Crippen LogP contribution in [0, 0.1) is 0 Å². The van der Waals surface area contributed by atoms with E-state index in [1.54, 1.807) is 0 Å². The molecule has 0 aliphatic carbocycles. The smallest absolute Gasteiger partial charge is 0.314 e. The van der Waals surface area contributed by atoms with Gasteiger partial charge in [0, 0.05) is 19.3 Å². The first-order valence-electron chi connectivity index (χ1n) is 4.71. The molecule has 1 unspecified atom stereocenters. The molecule has 0 bridgehead atoms. The van der Waals surface area contributed by atoms with E-state index in [-0.39, 0.29) is 0 Å². The third-order valence-corrected chi connectivity index (χ3v) is 2.57. The summed E-state index contributed by atoms with van der Waals surface area (Å²) in [5.41, 5.74) is 6.23. The highest BCUT2D eigenvalue weighted by Crippen LogP contribution is 2.26. The lowest BCUT2D eigenvalue weighted by molar-refractivity contribution is -0.139. The van der Waals surface area contributed by atoms with E-state index in [2.05, 4.69) is 4.98 Å². The van der Waals surface area contributed by atoms with Crippen molar-refractivity contribution in [2.24, 2.45) is 5.73 Å². The van der Waals surface area contributed by atoms with Gasteiger partial charge in [-0.15, -0.1) is 0 Å². The number of aryl methyl sites for hydroxylation is 1. The van der Waals surface area contributed by atoms with Crippen LogP contribution >= 0.6 is 0 Å². The summed E-state index contributed by atoms with van der Waals surface area (Å²) in [6.45, 7) is 1.22. The van der Waals surface area contributed by atoms with Crippen LogP contribution in [0.4, 0.5) is 0 Å². The highest BCUT2D eigenvalue weighted by molar-refractivity contribution is 5.75. The number of nitrogens with two attached hydrogens (primary N) is 1. The summed E-state index contributed by atoms with van der Waals surface area (Å²) >= 11 is 0. The zero-order valence-electron chi connectivity index (χ0n) is 7.81. The lowest BCUT2D eigenvalue weighted by Crippen LogP contribution is -2.22. The Morgan fingerprint density at radius 3 is 3.21 bits per heavy atom. The number of aromatic nitrogens is 2. The molecule has 0 fully saturated rings. The van der Waals surface area contributed by atoms with Gasteiger partial charge in [-0.25, -0.2) is 4.98 Å². The van der Waals surface area contributed by atoms with Crippen LogP contribution < -0.4 is 5.73 Å². The van der Waals surface area contributed by atoms with Gasteiger partial charge in [-0.1, -0.05) is 0 Å². The molecule has 2 rings (SSSR count). The minimum absolute atomic E-state index is 0.367. The van der Waals surface area contributed by atoms with E-state index in [1.807, 2.05) is 10.8 Å². The van der Waals surface area contributed by atoms with Gasteiger partial charge in [0.1, 0.15) is 11.7 Å². The van der Waals surface area contributed by atoms with Gasteiger partial charge in [-0.3, -0.25) is 4.79 Å². The molecule has 0 radical (unpaired) electrons. The molecule has 0 saturated carbocycles. The van der Waals surface area contributed by atoms with E-state index in [1.165, 1.54) is 0 Å². The number of aliphatic carboxylic acids is 1. The lowest BCUT2D eigenvalue weighted by atomic mass is 9.99. The highest BCUT2D eigenvalue weighted by Gasteiger charge is 2.28. The van der Waals surface area contributed by atoms with Gasteiger partial charge >= 0.3 is 5.97 Å². The number of hydrogen-bond donors (Lipinski definition) is 2. The predicted molar refractivity (Wildman–Crippen MR) is 49.7 cm³/mol. The normalized spacial score (nSPS) is 20.5. The Morgan fingerprint density at radius 1 is 1.79 bits per heavy atom. The fourth-order valence-corrected chi connectivity index (χ4v) is 1.87. The zero-order chi connectivity index (χ0) is 10.1. The number of imidazole rings is 1. The van der Waals surface area contributed by atoms with Crippen LogP contribution in [0.1, 0.15) is 30.3 Å². The van der Waals surface area contributed by atoms with Crippen molar-refractivity contribution in [3.05, 3.63) is 17.7 Å². The second-order valence-corrected chi connectivity index (χ2v) is 3.52. The first kappa shape index (κ1) is 9.21. The van der Waals surface area contributed by atoms with Crippen LogP contribution in [0.3, 0.4) is 0 Å². The monoisotopic (exact) mass is 195 g/mol. The molecule has 1 aliphatic heterocycles. The van der Waals surface area contributed by atoms with Crippen LogP contribution in [0.25, 0.3) is 0 Å². The van der Waals surface area contributed by atoms with Gasteiger partial charge in [-0.2, -0.15) is 0 Å². The Hall–Kier alpha value is -1.36. The van der Waals surface area contributed by atoms with Crippen molar-refractivity contribution in [3.8, 4) is 0 Å². The SMILES string of the molecule is NCc1cn2c(n1)C(C(=O)O)CCC2. The van der Waals surface area contributed by atoms with Gasteiger partial charge < -0.3 is 15.4 Å². The van der Waals surface area contributed by atoms with Crippen LogP contribution in [0.5, 0.6) is 0 Å². The third-order valence-electron chi connectivity index (χ3n) is 2.57. The number of fused-ring (bicyclic) bond motifs is 1. The molecule has 1 atom stereocenters. The first-order chi connectivity index (χ1) is 6.72. The lowest BCUT2D eigenvalue weighted by Gasteiger charge is -2.19. The molecule has 0 spiro atoms. The molecular weight excluding hydrogens is 182 g/mol. The van der Waals surface area contributed by atoms with Gasteiger partial charge in [0.2, 0.25) is 0 Å². The Kier molecular flexibility index (Phi) is 2.25. The van der Waals surface area contributed by atoms with Crippen molar-refractivity contribution >= 4 is 5.97 Å². The largest absolute Gasteiger partial charge is 0.481 e. The van der Waals surface area contributed by atoms with Crippen molar-refractivity contribution < 1.29 is 9.90 Å². The summed E-state index contributed by atoms with van der Waals surface area (Å²) in [7, 11) is 0. The van der Waals surface area contributed by atoms with E-state index in [9.17, 15) is 4.79 Å². The molecule has 0 saturated heterocycles. The van der Waals surface area contributed by atoms with Crippen LogP contribution in [0.2, 0.25) is 0 Å². The Bertz CT molecular complexity index is 359. The van der Waals surface area contributed by atoms with Crippen LogP contribution in [0.15, 0.2) is 6.20 Å². The average Bonchev–Trinajstić information content (AvgIpc) is 2.59. The molecule has 5 heteroatoms. The molecule has 1 aromatic heterocycles. The van der Waals surface area contributed by atoms with E-state index < -0.39 is 11.9 Å². The average molecular weight is 195 g/mol. The summed E-state index contributed by atoms with van der Waals surface area (Å²) in [6, 6.07) is 0. The highest BCUT2D eigenvalue weighted by atomic mass is 16.4. The van der Waals surface area contributed by atoms with E-state index in [4.69, 9.17) is 10.8 Å². The van der Waals surface area contributed by atoms with Gasteiger partial charge in [0.25, 0.3) is 0 Å². The number of carboxylic acids is 1. The number of rotatable bonds is 2. The van der Waals surface area contributed by atoms with Crippen molar-refractivity contribution in [1.82, 2.24) is 9.55 Å². The summed E-state index contributed by atoms with van der Waals surface area (Å²) in [5, 5.41) is 8.98. The van der Waals surface area contributed by atoms with Crippen LogP contribution in [-0.4, -0.2) is 20.6 Å². The Labute approximate surface area is 81.5 Å². The van der Waals surface area contributed by atoms with Crippen molar-refractivity contribution in [1.29, 1.82) is 0 Å². The second kappa shape index (κ2) is 3.42. The third kappa shape index (κ3) is 1.39. The van der Waals surface area contributed by atoms with Crippen molar-refractivity contribution in [2.75, 3.05) is 0 Å². The second-order valence-electron chi connectivity index (χ2n) is 3.52. The molecule has 0 amide bonds. The number of carbonyl (C=O) groups is 1. The number of hydrogen-bond acceptors (Lipinski definition) is 3. The number of carboxylic acid groups (broad SMARTS) is 1. The molecular formula is C9H13N3O2. The Balaban J connectivity index is 2.38. The maximum atomic E-state index is 10.9. The summed E-state index contributed by atoms with van der Waals surface area (Å²) in [4.78, 5) is 15.2. The maximum Gasteiger partial charge on any atom is 0.314 e. The number of nitrogens with zero attached hydrogens (tertiary/aromatic N) is 2. The van der Waals surface area contributed by atoms with E-state index >= 15 is 0 Å². The summed E-state index contributed by atoms with van der Waals surface area (Å²) in [6.07, 6.45) is 3.42. The zero-order valence-corrected chi connectivity index (χ0v) is 7.81. The molecule has 3 N–H and O–H groups in total. The van der Waals surface area contributed by atoms with Crippen LogP contribution in [-0.2, 0) is 17.9 Å². The Morgan fingerprint density at radius 2 is 2.57 bits per heavy atom. The van der Waals surface area contributed by atoms with Crippen molar-refractivity contribution in [2.45, 2.75) is 31.8 Å². The standard InChI is InChI=1S/C9H13N3O2/c10-4-6-5-12-3-1-2-7(9(13)14)8(12)11-6/h5,7H,1-4,10H2,(H,13,14). The van der Waals surface area contributed by atoms with Gasteiger partial charge in [0.05, 0.1) is 5.69 Å². The molecule has 0 aromatic carbocycles. The summed E-state index contributed by atoms with van der Waals surface area (Å²) in [5.74, 6) is -0.589. The molecule has 2 heterocycles. The fraction of sp³-hybridized carbons (Fsp3) is 0.556. The quantitative estimate of drug-likeness (QED) is 0.711. The van der Waals surface area contributed by atoms with Gasteiger partial charge in [0.15, 0.2) is 0 Å². The fourth-order valence-electron chi connectivity index (χ4n) is 1.87. The molecule has 76 valence electrons. The van der Waals surface area contributed by atoms with E-state index in [0.29, 0.717) is 18.8 Å². The minimum atomic E-state index is -0.792. The van der Waals surface area contributed by atoms with E-state index in [0.717, 1.165) is 18.7 Å². The molecule has 14 heavy (non-hydrogen) atoms. The first-order valence-corrected chi connectivity index (χ1v) is 4.71. The summed E-state index contributed by atoms with van der Waals surface area (Å²) < 4.78 is 1.91.